The number of anilines is 1. The summed E-state index contributed by atoms with van der Waals surface area (Å²) in [5.74, 6) is 0.687. The molecule has 0 spiro atoms. The number of aromatic nitrogens is 1. The van der Waals surface area contributed by atoms with Crippen molar-refractivity contribution in [2.45, 2.75) is 19.4 Å². The van der Waals surface area contributed by atoms with E-state index in [1.165, 1.54) is 4.90 Å². The van der Waals surface area contributed by atoms with Crippen LogP contribution in [0.4, 0.5) is 10.6 Å². The number of rotatable bonds is 5. The third-order valence-electron chi connectivity index (χ3n) is 2.57. The lowest BCUT2D eigenvalue weighted by Gasteiger charge is -2.24. The highest BCUT2D eigenvalue weighted by Crippen LogP contribution is 2.10. The Kier molecular flexibility index (Phi) is 5.03. The molecule has 1 unspecified atom stereocenters. The van der Waals surface area contributed by atoms with Crippen LogP contribution in [0.3, 0.4) is 0 Å². The van der Waals surface area contributed by atoms with Crippen LogP contribution in [0.2, 0.25) is 5.02 Å². The van der Waals surface area contributed by atoms with Crippen LogP contribution in [0.25, 0.3) is 0 Å². The topological polar surface area (TPSA) is 65.5 Å². The van der Waals surface area contributed by atoms with Crippen LogP contribution in [0.15, 0.2) is 18.3 Å². The van der Waals surface area contributed by atoms with Gasteiger partial charge in [0.15, 0.2) is 0 Å². The zero-order chi connectivity index (χ0) is 12.8. The lowest BCUT2D eigenvalue weighted by molar-refractivity contribution is 0.139. The molecule has 2 N–H and O–H groups in total. The van der Waals surface area contributed by atoms with Gasteiger partial charge in [0.2, 0.25) is 0 Å². The van der Waals surface area contributed by atoms with Crippen molar-refractivity contribution in [1.29, 1.82) is 0 Å². The van der Waals surface area contributed by atoms with Crippen LogP contribution in [-0.2, 0) is 0 Å². The van der Waals surface area contributed by atoms with Crippen LogP contribution in [0.5, 0.6) is 0 Å². The third kappa shape index (κ3) is 4.11. The Balaban J connectivity index is 2.53. The Morgan fingerprint density at radius 2 is 2.35 bits per heavy atom. The summed E-state index contributed by atoms with van der Waals surface area (Å²) in [6, 6.07) is 3.42. The fourth-order valence-electron chi connectivity index (χ4n) is 1.41. The van der Waals surface area contributed by atoms with Gasteiger partial charge >= 0.3 is 6.09 Å². The highest BCUT2D eigenvalue weighted by Gasteiger charge is 2.16. The molecule has 0 aromatic carbocycles. The Labute approximate surface area is 105 Å². The Hall–Kier alpha value is -1.49. The van der Waals surface area contributed by atoms with E-state index in [1.807, 2.05) is 6.92 Å². The van der Waals surface area contributed by atoms with Crippen molar-refractivity contribution >= 4 is 23.5 Å². The van der Waals surface area contributed by atoms with Gasteiger partial charge < -0.3 is 15.3 Å². The van der Waals surface area contributed by atoms with Crippen LogP contribution in [0.1, 0.15) is 13.3 Å². The van der Waals surface area contributed by atoms with Gasteiger partial charge in [0.25, 0.3) is 0 Å². The first-order valence-electron chi connectivity index (χ1n) is 5.35. The van der Waals surface area contributed by atoms with Crippen LogP contribution < -0.4 is 5.32 Å². The molecule has 0 aliphatic rings. The van der Waals surface area contributed by atoms with Crippen LogP contribution >= 0.6 is 11.6 Å². The van der Waals surface area contributed by atoms with E-state index in [0.29, 0.717) is 17.4 Å². The summed E-state index contributed by atoms with van der Waals surface area (Å²) < 4.78 is 0. The van der Waals surface area contributed by atoms with E-state index >= 15 is 0 Å². The molecule has 0 saturated heterocycles. The number of nitrogens with one attached hydrogen (secondary N) is 1. The Morgan fingerprint density at radius 1 is 1.65 bits per heavy atom. The molecule has 1 aromatic heterocycles. The molecule has 1 aromatic rings. The quantitative estimate of drug-likeness (QED) is 0.851. The van der Waals surface area contributed by atoms with Crippen molar-refractivity contribution < 1.29 is 9.90 Å². The SMILES string of the molecule is CCC(CNc1ccc(Cl)cn1)N(C)C(=O)O. The van der Waals surface area contributed by atoms with E-state index in [9.17, 15) is 4.79 Å². The number of carboxylic acid groups (broad SMARTS) is 1. The number of carbonyl (C=O) groups is 1. The third-order valence-corrected chi connectivity index (χ3v) is 2.79. The predicted octanol–water partition coefficient (Wildman–Crippen LogP) is 2.54. The Morgan fingerprint density at radius 3 is 2.82 bits per heavy atom. The second-order valence-corrected chi connectivity index (χ2v) is 4.13. The monoisotopic (exact) mass is 257 g/mol. The molecule has 0 saturated carbocycles. The molecule has 1 heterocycles. The molecular weight excluding hydrogens is 242 g/mol. The number of likely N-dealkylation sites (N-methyl/N-ethyl adjacent to an activating group) is 1. The highest BCUT2D eigenvalue weighted by atomic mass is 35.5. The van der Waals surface area contributed by atoms with Gasteiger partial charge in [-0.25, -0.2) is 9.78 Å². The van der Waals surface area contributed by atoms with Gasteiger partial charge in [-0.05, 0) is 18.6 Å². The van der Waals surface area contributed by atoms with Gasteiger partial charge in [0.1, 0.15) is 5.82 Å². The van der Waals surface area contributed by atoms with E-state index in [2.05, 4.69) is 10.3 Å². The molecule has 1 amide bonds. The summed E-state index contributed by atoms with van der Waals surface area (Å²) in [6.07, 6.45) is 1.36. The summed E-state index contributed by atoms with van der Waals surface area (Å²) in [4.78, 5) is 16.2. The number of hydrogen-bond donors (Lipinski definition) is 2. The molecule has 1 atom stereocenters. The molecule has 1 rings (SSSR count). The molecular formula is C11H16ClN3O2. The zero-order valence-electron chi connectivity index (χ0n) is 9.85. The van der Waals surface area contributed by atoms with Gasteiger partial charge in [0.05, 0.1) is 11.1 Å². The number of nitrogens with zero attached hydrogens (tertiary/aromatic N) is 2. The molecule has 0 fully saturated rings. The van der Waals surface area contributed by atoms with Crippen molar-refractivity contribution in [2.24, 2.45) is 0 Å². The highest BCUT2D eigenvalue weighted by molar-refractivity contribution is 6.30. The fraction of sp³-hybridized carbons (Fsp3) is 0.455. The minimum absolute atomic E-state index is 0.0787. The van der Waals surface area contributed by atoms with Gasteiger partial charge in [0, 0.05) is 19.8 Å². The summed E-state index contributed by atoms with van der Waals surface area (Å²) in [5, 5.41) is 12.5. The molecule has 0 aliphatic carbocycles. The predicted molar refractivity (Wildman–Crippen MR) is 67.6 cm³/mol. The minimum Gasteiger partial charge on any atom is -0.465 e. The van der Waals surface area contributed by atoms with Crippen molar-refractivity contribution in [2.75, 3.05) is 18.9 Å². The van der Waals surface area contributed by atoms with Crippen LogP contribution in [0, 0.1) is 0 Å². The van der Waals surface area contributed by atoms with Crippen molar-refractivity contribution in [1.82, 2.24) is 9.88 Å². The molecule has 94 valence electrons. The summed E-state index contributed by atoms with van der Waals surface area (Å²) >= 11 is 5.72. The normalized spacial score (nSPS) is 11.9. The number of amides is 1. The van der Waals surface area contributed by atoms with Crippen molar-refractivity contribution in [3.8, 4) is 0 Å². The average Bonchev–Trinajstić information content (AvgIpc) is 2.31. The maximum absolute atomic E-state index is 10.8. The maximum Gasteiger partial charge on any atom is 0.407 e. The standard InChI is InChI=1S/C11H16ClN3O2/c1-3-9(15(2)11(16)17)7-14-10-5-4-8(12)6-13-10/h4-6,9H,3,7H2,1-2H3,(H,13,14)(H,16,17). The second-order valence-electron chi connectivity index (χ2n) is 3.70. The van der Waals surface area contributed by atoms with E-state index in [-0.39, 0.29) is 6.04 Å². The second kappa shape index (κ2) is 6.30. The van der Waals surface area contributed by atoms with E-state index in [1.54, 1.807) is 25.4 Å². The summed E-state index contributed by atoms with van der Waals surface area (Å²) in [6.45, 7) is 2.47. The fourth-order valence-corrected chi connectivity index (χ4v) is 1.53. The average molecular weight is 258 g/mol. The number of halogens is 1. The molecule has 6 heteroatoms. The summed E-state index contributed by atoms with van der Waals surface area (Å²) in [5.41, 5.74) is 0. The largest absolute Gasteiger partial charge is 0.465 e. The number of hydrogen-bond acceptors (Lipinski definition) is 3. The smallest absolute Gasteiger partial charge is 0.407 e. The Bertz CT molecular complexity index is 369. The van der Waals surface area contributed by atoms with E-state index < -0.39 is 6.09 Å². The van der Waals surface area contributed by atoms with Crippen molar-refractivity contribution in [3.05, 3.63) is 23.4 Å². The number of pyridine rings is 1. The van der Waals surface area contributed by atoms with Crippen molar-refractivity contribution in [3.63, 3.8) is 0 Å². The molecule has 0 radical (unpaired) electrons. The van der Waals surface area contributed by atoms with E-state index in [0.717, 1.165) is 6.42 Å². The van der Waals surface area contributed by atoms with E-state index in [4.69, 9.17) is 16.7 Å². The first kappa shape index (κ1) is 13.6. The zero-order valence-corrected chi connectivity index (χ0v) is 10.6. The van der Waals surface area contributed by atoms with Crippen LogP contribution in [-0.4, -0.2) is 40.7 Å². The molecule has 0 aliphatic heterocycles. The summed E-state index contributed by atoms with van der Waals surface area (Å²) in [7, 11) is 1.56. The maximum atomic E-state index is 10.8. The molecule has 17 heavy (non-hydrogen) atoms. The van der Waals surface area contributed by atoms with Gasteiger partial charge in [-0.15, -0.1) is 0 Å². The lowest BCUT2D eigenvalue weighted by Crippen LogP contribution is -2.40. The van der Waals surface area contributed by atoms with Gasteiger partial charge in [-0.1, -0.05) is 18.5 Å². The van der Waals surface area contributed by atoms with Gasteiger partial charge in [-0.3, -0.25) is 0 Å². The lowest BCUT2D eigenvalue weighted by atomic mass is 10.2. The first-order chi connectivity index (χ1) is 8.04. The van der Waals surface area contributed by atoms with Gasteiger partial charge in [-0.2, -0.15) is 0 Å². The molecule has 0 bridgehead atoms. The minimum atomic E-state index is -0.928. The molecule has 5 nitrogen and oxygen atoms in total. The first-order valence-corrected chi connectivity index (χ1v) is 5.73.